The van der Waals surface area contributed by atoms with Crippen LogP contribution in [-0.4, -0.2) is 19.0 Å². The fourth-order valence-electron chi connectivity index (χ4n) is 1.23. The lowest BCUT2D eigenvalue weighted by molar-refractivity contribution is -0.120. The van der Waals surface area contributed by atoms with Gasteiger partial charge in [0.2, 0.25) is 5.91 Å². The number of carbonyl (C=O) groups excluding carboxylic acids is 1. The summed E-state index contributed by atoms with van der Waals surface area (Å²) in [6.07, 6.45) is 0. The van der Waals surface area contributed by atoms with Gasteiger partial charge in [-0.25, -0.2) is 4.39 Å². The van der Waals surface area contributed by atoms with Gasteiger partial charge < -0.3 is 10.6 Å². The zero-order chi connectivity index (χ0) is 12.0. The molecule has 1 aromatic carbocycles. The molecule has 0 aliphatic carbocycles. The van der Waals surface area contributed by atoms with Crippen molar-refractivity contribution in [3.05, 3.63) is 34.6 Å². The molecule has 0 atom stereocenters. The second-order valence-electron chi connectivity index (χ2n) is 3.31. The molecule has 0 saturated carbocycles. The first kappa shape index (κ1) is 12.9. The van der Waals surface area contributed by atoms with E-state index in [0.717, 1.165) is 5.56 Å². The van der Waals surface area contributed by atoms with E-state index in [1.54, 1.807) is 6.07 Å². The topological polar surface area (TPSA) is 41.1 Å². The maximum Gasteiger partial charge on any atom is 0.233 e. The van der Waals surface area contributed by atoms with E-state index in [4.69, 9.17) is 11.6 Å². The molecule has 0 heterocycles. The van der Waals surface area contributed by atoms with Crippen LogP contribution in [-0.2, 0) is 11.3 Å². The van der Waals surface area contributed by atoms with Gasteiger partial charge in [-0.3, -0.25) is 4.79 Å². The Morgan fingerprint density at radius 1 is 1.50 bits per heavy atom. The molecule has 5 heteroatoms. The van der Waals surface area contributed by atoms with Crippen LogP contribution < -0.4 is 10.6 Å². The summed E-state index contributed by atoms with van der Waals surface area (Å²) in [5.41, 5.74) is 0.756. The summed E-state index contributed by atoms with van der Waals surface area (Å²) < 4.78 is 13.0. The quantitative estimate of drug-likeness (QED) is 0.828. The molecule has 0 bridgehead atoms. The van der Waals surface area contributed by atoms with Crippen molar-refractivity contribution < 1.29 is 9.18 Å². The number of nitrogens with one attached hydrogen (secondary N) is 2. The Bertz CT molecular complexity index is 371. The fraction of sp³-hybridized carbons (Fsp3) is 0.364. The highest BCUT2D eigenvalue weighted by Gasteiger charge is 2.02. The normalized spacial score (nSPS) is 10.2. The molecule has 16 heavy (non-hydrogen) atoms. The Morgan fingerprint density at radius 3 is 2.88 bits per heavy atom. The summed E-state index contributed by atoms with van der Waals surface area (Å²) >= 11 is 5.55. The molecule has 1 amide bonds. The highest BCUT2D eigenvalue weighted by atomic mass is 35.5. The standard InChI is InChI=1S/C11H14ClFN2O/c1-2-15-11(16)7-14-6-8-3-4-9(12)10(13)5-8/h3-5,14H,2,6-7H2,1H3,(H,15,16). The van der Waals surface area contributed by atoms with Gasteiger partial charge in [0.25, 0.3) is 0 Å². The van der Waals surface area contributed by atoms with Gasteiger partial charge in [-0.2, -0.15) is 0 Å². The first-order valence-electron chi connectivity index (χ1n) is 5.04. The van der Waals surface area contributed by atoms with Crippen molar-refractivity contribution in [3.63, 3.8) is 0 Å². The minimum Gasteiger partial charge on any atom is -0.355 e. The van der Waals surface area contributed by atoms with Crippen LogP contribution in [0.25, 0.3) is 0 Å². The number of hydrogen-bond acceptors (Lipinski definition) is 2. The molecule has 0 fully saturated rings. The number of hydrogen-bond donors (Lipinski definition) is 2. The third-order valence-electron chi connectivity index (χ3n) is 1.97. The first-order valence-corrected chi connectivity index (χ1v) is 5.42. The number of carbonyl (C=O) groups is 1. The van der Waals surface area contributed by atoms with Crippen LogP contribution in [0.15, 0.2) is 18.2 Å². The Balaban J connectivity index is 2.37. The number of likely N-dealkylation sites (N-methyl/N-ethyl adjacent to an activating group) is 1. The summed E-state index contributed by atoms with van der Waals surface area (Å²) in [5.74, 6) is -0.518. The molecule has 3 nitrogen and oxygen atoms in total. The van der Waals surface area contributed by atoms with Gasteiger partial charge in [0, 0.05) is 13.1 Å². The highest BCUT2D eigenvalue weighted by molar-refractivity contribution is 6.30. The molecule has 0 aliphatic rings. The van der Waals surface area contributed by atoms with Gasteiger partial charge in [0.05, 0.1) is 11.6 Å². The van der Waals surface area contributed by atoms with Gasteiger partial charge in [0.1, 0.15) is 5.82 Å². The minimum atomic E-state index is -0.445. The lowest BCUT2D eigenvalue weighted by Gasteiger charge is -2.05. The summed E-state index contributed by atoms with van der Waals surface area (Å²) in [7, 11) is 0. The summed E-state index contributed by atoms with van der Waals surface area (Å²) in [6.45, 7) is 3.12. The Kier molecular flexibility index (Phi) is 5.22. The lowest BCUT2D eigenvalue weighted by atomic mass is 10.2. The average molecular weight is 245 g/mol. The van der Waals surface area contributed by atoms with E-state index in [0.29, 0.717) is 13.1 Å². The largest absolute Gasteiger partial charge is 0.355 e. The molecule has 0 aromatic heterocycles. The van der Waals surface area contributed by atoms with Gasteiger partial charge >= 0.3 is 0 Å². The van der Waals surface area contributed by atoms with E-state index < -0.39 is 5.82 Å². The third-order valence-corrected chi connectivity index (χ3v) is 2.28. The SMILES string of the molecule is CCNC(=O)CNCc1ccc(Cl)c(F)c1. The molecule has 0 spiro atoms. The molecular formula is C11H14ClFN2O. The highest BCUT2D eigenvalue weighted by Crippen LogP contribution is 2.15. The van der Waals surface area contributed by atoms with Crippen LogP contribution >= 0.6 is 11.6 Å². The van der Waals surface area contributed by atoms with E-state index in [1.165, 1.54) is 12.1 Å². The maximum absolute atomic E-state index is 13.0. The van der Waals surface area contributed by atoms with E-state index in [1.807, 2.05) is 6.92 Å². The van der Waals surface area contributed by atoms with Crippen molar-refractivity contribution in [2.75, 3.05) is 13.1 Å². The number of benzene rings is 1. The Labute approximate surface area is 99.0 Å². The summed E-state index contributed by atoms with van der Waals surface area (Å²) in [6, 6.07) is 4.57. The van der Waals surface area contributed by atoms with Crippen molar-refractivity contribution in [3.8, 4) is 0 Å². The molecule has 0 unspecified atom stereocenters. The van der Waals surface area contributed by atoms with Gasteiger partial charge in [-0.15, -0.1) is 0 Å². The predicted octanol–water partition coefficient (Wildman–Crippen LogP) is 1.70. The molecule has 0 saturated heterocycles. The Hall–Kier alpha value is -1.13. The van der Waals surface area contributed by atoms with Gasteiger partial charge in [-0.1, -0.05) is 17.7 Å². The van der Waals surface area contributed by atoms with E-state index in [-0.39, 0.29) is 17.5 Å². The van der Waals surface area contributed by atoms with E-state index >= 15 is 0 Å². The van der Waals surface area contributed by atoms with Gasteiger partial charge in [0.15, 0.2) is 0 Å². The van der Waals surface area contributed by atoms with Crippen LogP contribution in [0.3, 0.4) is 0 Å². The first-order chi connectivity index (χ1) is 7.63. The monoisotopic (exact) mass is 244 g/mol. The van der Waals surface area contributed by atoms with Crippen molar-refractivity contribution in [1.82, 2.24) is 10.6 Å². The van der Waals surface area contributed by atoms with Crippen LogP contribution in [0, 0.1) is 5.82 Å². The van der Waals surface area contributed by atoms with Crippen molar-refractivity contribution in [2.45, 2.75) is 13.5 Å². The van der Waals surface area contributed by atoms with Crippen LogP contribution in [0.4, 0.5) is 4.39 Å². The zero-order valence-electron chi connectivity index (χ0n) is 9.02. The van der Waals surface area contributed by atoms with Gasteiger partial charge in [-0.05, 0) is 24.6 Å². The molecule has 88 valence electrons. The molecule has 0 aliphatic heterocycles. The molecular weight excluding hydrogens is 231 g/mol. The second kappa shape index (κ2) is 6.45. The molecule has 0 radical (unpaired) electrons. The predicted molar refractivity (Wildman–Crippen MR) is 61.8 cm³/mol. The molecule has 1 aromatic rings. The summed E-state index contributed by atoms with van der Waals surface area (Å²) in [5, 5.41) is 5.67. The number of halogens is 2. The van der Waals surface area contributed by atoms with E-state index in [2.05, 4.69) is 10.6 Å². The maximum atomic E-state index is 13.0. The fourth-order valence-corrected chi connectivity index (χ4v) is 1.35. The number of amides is 1. The molecule has 1 rings (SSSR count). The van der Waals surface area contributed by atoms with E-state index in [9.17, 15) is 9.18 Å². The van der Waals surface area contributed by atoms with Crippen LogP contribution in [0.5, 0.6) is 0 Å². The summed E-state index contributed by atoms with van der Waals surface area (Å²) in [4.78, 5) is 11.1. The smallest absolute Gasteiger partial charge is 0.233 e. The zero-order valence-corrected chi connectivity index (χ0v) is 9.77. The molecule has 2 N–H and O–H groups in total. The minimum absolute atomic E-state index is 0.0723. The third kappa shape index (κ3) is 4.16. The van der Waals surface area contributed by atoms with Crippen molar-refractivity contribution in [1.29, 1.82) is 0 Å². The van der Waals surface area contributed by atoms with Crippen molar-refractivity contribution >= 4 is 17.5 Å². The Morgan fingerprint density at radius 2 is 2.25 bits per heavy atom. The lowest BCUT2D eigenvalue weighted by Crippen LogP contribution is -2.33. The average Bonchev–Trinajstić information content (AvgIpc) is 2.24. The number of rotatable bonds is 5. The van der Waals surface area contributed by atoms with Crippen LogP contribution in [0.1, 0.15) is 12.5 Å². The second-order valence-corrected chi connectivity index (χ2v) is 3.71. The van der Waals surface area contributed by atoms with Crippen LogP contribution in [0.2, 0.25) is 5.02 Å². The van der Waals surface area contributed by atoms with Crippen molar-refractivity contribution in [2.24, 2.45) is 0 Å².